The van der Waals surface area contributed by atoms with Gasteiger partial charge in [0.15, 0.2) is 0 Å². The molecule has 0 heterocycles. The van der Waals surface area contributed by atoms with Crippen molar-refractivity contribution in [2.75, 3.05) is 11.9 Å². The van der Waals surface area contributed by atoms with Gasteiger partial charge >= 0.3 is 0 Å². The van der Waals surface area contributed by atoms with Crippen molar-refractivity contribution < 1.29 is 9.59 Å². The Hall–Kier alpha value is -1.36. The molecule has 1 atom stereocenters. The third kappa shape index (κ3) is 4.34. The zero-order valence-electron chi connectivity index (χ0n) is 12.3. The molecule has 0 spiro atoms. The highest BCUT2D eigenvalue weighted by Gasteiger charge is 2.19. The van der Waals surface area contributed by atoms with Gasteiger partial charge in [-0.1, -0.05) is 35.8 Å². The van der Waals surface area contributed by atoms with Gasteiger partial charge in [-0.15, -0.1) is 0 Å². The minimum Gasteiger partial charge on any atom is -0.352 e. The summed E-state index contributed by atoms with van der Waals surface area (Å²) in [7, 11) is 0. The molecule has 20 heavy (non-hydrogen) atoms. The first-order chi connectivity index (χ1) is 9.36. The van der Waals surface area contributed by atoms with Crippen LogP contribution in [-0.4, -0.2) is 23.2 Å². The van der Waals surface area contributed by atoms with Crippen molar-refractivity contribution in [3.63, 3.8) is 0 Å². The second-order valence-electron chi connectivity index (χ2n) is 5.02. The van der Waals surface area contributed by atoms with Crippen molar-refractivity contribution in [1.29, 1.82) is 0 Å². The molecule has 0 aromatic heterocycles. The van der Waals surface area contributed by atoms with Crippen LogP contribution in [0.3, 0.4) is 0 Å². The SMILES string of the molecule is CCNC(=O)c1ccc(C)c(NC(=O)C(Br)C(C)C)c1. The number of benzene rings is 1. The normalized spacial score (nSPS) is 12.1. The zero-order valence-corrected chi connectivity index (χ0v) is 13.9. The molecule has 1 unspecified atom stereocenters. The van der Waals surface area contributed by atoms with Crippen LogP contribution in [0.4, 0.5) is 5.69 Å². The highest BCUT2D eigenvalue weighted by molar-refractivity contribution is 9.10. The standard InChI is InChI=1S/C15H21BrN2O2/c1-5-17-14(19)11-7-6-10(4)12(8-11)18-15(20)13(16)9(2)3/h6-9,13H,5H2,1-4H3,(H,17,19)(H,18,20). The van der Waals surface area contributed by atoms with Crippen molar-refractivity contribution in [2.45, 2.75) is 32.5 Å². The number of aryl methyl sites for hydroxylation is 1. The molecule has 1 aromatic carbocycles. The molecule has 1 aromatic rings. The number of hydrogen-bond donors (Lipinski definition) is 2. The van der Waals surface area contributed by atoms with Crippen LogP contribution in [0.1, 0.15) is 36.7 Å². The predicted octanol–water partition coefficient (Wildman–Crippen LogP) is 3.10. The Labute approximate surface area is 128 Å². The summed E-state index contributed by atoms with van der Waals surface area (Å²) in [6.45, 7) is 8.28. The van der Waals surface area contributed by atoms with Gasteiger partial charge < -0.3 is 10.6 Å². The number of hydrogen-bond acceptors (Lipinski definition) is 2. The van der Waals surface area contributed by atoms with E-state index in [9.17, 15) is 9.59 Å². The van der Waals surface area contributed by atoms with Crippen molar-refractivity contribution >= 4 is 33.4 Å². The maximum atomic E-state index is 12.1. The van der Waals surface area contributed by atoms with Gasteiger partial charge in [0, 0.05) is 17.8 Å². The number of anilines is 1. The fourth-order valence-electron chi connectivity index (χ4n) is 1.66. The van der Waals surface area contributed by atoms with Crippen molar-refractivity contribution in [3.8, 4) is 0 Å². The van der Waals surface area contributed by atoms with Gasteiger partial charge in [-0.3, -0.25) is 9.59 Å². The van der Waals surface area contributed by atoms with Gasteiger partial charge in [-0.25, -0.2) is 0 Å². The first-order valence-corrected chi connectivity index (χ1v) is 7.62. The third-order valence-electron chi connectivity index (χ3n) is 2.93. The first-order valence-electron chi connectivity index (χ1n) is 6.70. The summed E-state index contributed by atoms with van der Waals surface area (Å²) in [4.78, 5) is 23.6. The highest BCUT2D eigenvalue weighted by Crippen LogP contribution is 2.20. The molecular formula is C15H21BrN2O2. The van der Waals surface area contributed by atoms with E-state index in [1.807, 2.05) is 33.8 Å². The van der Waals surface area contributed by atoms with E-state index in [0.29, 0.717) is 17.8 Å². The second kappa shape index (κ2) is 7.43. The van der Waals surface area contributed by atoms with Gasteiger partial charge in [0.05, 0.1) is 4.83 Å². The van der Waals surface area contributed by atoms with Crippen molar-refractivity contribution in [1.82, 2.24) is 5.32 Å². The van der Waals surface area contributed by atoms with Crippen LogP contribution in [0.5, 0.6) is 0 Å². The molecule has 0 saturated heterocycles. The van der Waals surface area contributed by atoms with Gasteiger partial charge in [-0.2, -0.15) is 0 Å². The van der Waals surface area contributed by atoms with Crippen LogP contribution in [0.15, 0.2) is 18.2 Å². The molecule has 0 aliphatic carbocycles. The Morgan fingerprint density at radius 2 is 1.95 bits per heavy atom. The molecule has 0 radical (unpaired) electrons. The van der Waals surface area contributed by atoms with Gasteiger partial charge in [0.2, 0.25) is 5.91 Å². The van der Waals surface area contributed by atoms with Crippen LogP contribution in [0.2, 0.25) is 0 Å². The van der Waals surface area contributed by atoms with Crippen LogP contribution in [0.25, 0.3) is 0 Å². The monoisotopic (exact) mass is 340 g/mol. The highest BCUT2D eigenvalue weighted by atomic mass is 79.9. The molecule has 0 aliphatic rings. The first kappa shape index (κ1) is 16.7. The van der Waals surface area contributed by atoms with E-state index in [-0.39, 0.29) is 22.6 Å². The summed E-state index contributed by atoms with van der Waals surface area (Å²) in [5, 5.41) is 5.60. The maximum absolute atomic E-state index is 12.1. The Morgan fingerprint density at radius 3 is 2.50 bits per heavy atom. The zero-order chi connectivity index (χ0) is 15.3. The van der Waals surface area contributed by atoms with E-state index < -0.39 is 0 Å². The molecule has 0 aliphatic heterocycles. The molecule has 2 N–H and O–H groups in total. The lowest BCUT2D eigenvalue weighted by Crippen LogP contribution is -2.28. The van der Waals surface area contributed by atoms with Crippen molar-refractivity contribution in [2.24, 2.45) is 5.92 Å². The Bertz CT molecular complexity index is 501. The smallest absolute Gasteiger partial charge is 0.251 e. The van der Waals surface area contributed by atoms with Gasteiger partial charge in [0.1, 0.15) is 0 Å². The average molecular weight is 341 g/mol. The topological polar surface area (TPSA) is 58.2 Å². The molecule has 110 valence electrons. The van der Waals surface area contributed by atoms with E-state index in [1.165, 1.54) is 0 Å². The third-order valence-corrected chi connectivity index (χ3v) is 4.40. The van der Waals surface area contributed by atoms with E-state index in [4.69, 9.17) is 0 Å². The van der Waals surface area contributed by atoms with Crippen LogP contribution < -0.4 is 10.6 Å². The Morgan fingerprint density at radius 1 is 1.30 bits per heavy atom. The Balaban J connectivity index is 2.92. The number of alkyl halides is 1. The predicted molar refractivity (Wildman–Crippen MR) is 85.4 cm³/mol. The van der Waals surface area contributed by atoms with Gasteiger partial charge in [0.25, 0.3) is 5.91 Å². The summed E-state index contributed by atoms with van der Waals surface area (Å²) in [5.41, 5.74) is 2.14. The second-order valence-corrected chi connectivity index (χ2v) is 6.01. The molecule has 5 heteroatoms. The summed E-state index contributed by atoms with van der Waals surface area (Å²) >= 11 is 3.37. The lowest BCUT2D eigenvalue weighted by Gasteiger charge is -2.16. The lowest BCUT2D eigenvalue weighted by atomic mass is 10.1. The maximum Gasteiger partial charge on any atom is 0.251 e. The van der Waals surface area contributed by atoms with E-state index >= 15 is 0 Å². The largest absolute Gasteiger partial charge is 0.352 e. The number of amides is 2. The number of nitrogens with one attached hydrogen (secondary N) is 2. The molecular weight excluding hydrogens is 320 g/mol. The van der Waals surface area contributed by atoms with E-state index in [0.717, 1.165) is 5.56 Å². The average Bonchev–Trinajstić information content (AvgIpc) is 2.40. The lowest BCUT2D eigenvalue weighted by molar-refractivity contribution is -0.116. The molecule has 0 fully saturated rings. The molecule has 4 nitrogen and oxygen atoms in total. The fourth-order valence-corrected chi connectivity index (χ4v) is 1.78. The number of carbonyl (C=O) groups is 2. The minimum absolute atomic E-state index is 0.101. The number of rotatable bonds is 5. The van der Waals surface area contributed by atoms with Gasteiger partial charge in [-0.05, 0) is 37.5 Å². The fraction of sp³-hybridized carbons (Fsp3) is 0.467. The van der Waals surface area contributed by atoms with Crippen LogP contribution in [-0.2, 0) is 4.79 Å². The summed E-state index contributed by atoms with van der Waals surface area (Å²) in [5.74, 6) is -0.0414. The quantitative estimate of drug-likeness (QED) is 0.809. The van der Waals surface area contributed by atoms with E-state index in [2.05, 4.69) is 26.6 Å². The molecule has 0 bridgehead atoms. The van der Waals surface area contributed by atoms with Crippen molar-refractivity contribution in [3.05, 3.63) is 29.3 Å². The van der Waals surface area contributed by atoms with Crippen LogP contribution >= 0.6 is 15.9 Å². The summed E-state index contributed by atoms with van der Waals surface area (Å²) in [6, 6.07) is 5.29. The number of halogens is 1. The molecule has 1 rings (SSSR count). The summed E-state index contributed by atoms with van der Waals surface area (Å²) in [6.07, 6.45) is 0. The number of carbonyl (C=O) groups excluding carboxylic acids is 2. The summed E-state index contributed by atoms with van der Waals surface area (Å²) < 4.78 is 0. The van der Waals surface area contributed by atoms with E-state index in [1.54, 1.807) is 12.1 Å². The minimum atomic E-state index is -0.255. The Kier molecular flexibility index (Phi) is 6.20. The van der Waals surface area contributed by atoms with Crippen LogP contribution in [0, 0.1) is 12.8 Å². The molecule has 2 amide bonds. The molecule has 0 saturated carbocycles.